The second-order valence-corrected chi connectivity index (χ2v) is 6.70. The Kier molecular flexibility index (Phi) is 6.23. The van der Waals surface area contributed by atoms with Crippen molar-refractivity contribution in [3.8, 4) is 11.3 Å². The van der Waals surface area contributed by atoms with E-state index in [4.69, 9.17) is 23.2 Å². The maximum Gasteiger partial charge on any atom is 0.433 e. The Hall–Kier alpha value is -3.17. The minimum Gasteiger partial charge on any atom is -0.276 e. The molecule has 0 bridgehead atoms. The second-order valence-electron chi connectivity index (χ2n) is 5.86. The van der Waals surface area contributed by atoms with E-state index in [2.05, 4.69) is 9.97 Å². The van der Waals surface area contributed by atoms with Crippen molar-refractivity contribution in [2.75, 3.05) is 5.32 Å². The number of urea groups is 1. The van der Waals surface area contributed by atoms with Gasteiger partial charge in [-0.25, -0.2) is 14.8 Å². The van der Waals surface area contributed by atoms with E-state index in [9.17, 15) is 22.8 Å². The van der Waals surface area contributed by atoms with Gasteiger partial charge in [0.05, 0.1) is 16.3 Å². The Bertz CT molecular complexity index is 1110. The topological polar surface area (TPSA) is 84.0 Å². The van der Waals surface area contributed by atoms with E-state index in [0.29, 0.717) is 5.56 Å². The van der Waals surface area contributed by atoms with E-state index in [1.54, 1.807) is 30.3 Å². The average Bonchev–Trinajstić information content (AvgIpc) is 2.67. The molecule has 0 aliphatic rings. The normalized spacial score (nSPS) is 11.1. The molecule has 2 aromatic carbocycles. The summed E-state index contributed by atoms with van der Waals surface area (Å²) in [6.07, 6.45) is -4.77. The van der Waals surface area contributed by atoms with Gasteiger partial charge in [0.1, 0.15) is 0 Å². The number of amides is 3. The van der Waals surface area contributed by atoms with Gasteiger partial charge in [-0.15, -0.1) is 0 Å². The van der Waals surface area contributed by atoms with Crippen molar-refractivity contribution >= 4 is 41.1 Å². The van der Waals surface area contributed by atoms with Gasteiger partial charge in [0, 0.05) is 10.6 Å². The van der Waals surface area contributed by atoms with Gasteiger partial charge in [-0.2, -0.15) is 13.2 Å². The number of rotatable bonds is 3. The number of hydrogen-bond donors (Lipinski definition) is 2. The molecule has 0 saturated heterocycles. The van der Waals surface area contributed by atoms with Crippen LogP contribution in [0.1, 0.15) is 16.1 Å². The summed E-state index contributed by atoms with van der Waals surface area (Å²) in [5, 5.41) is 4.26. The van der Waals surface area contributed by atoms with Gasteiger partial charge >= 0.3 is 12.2 Å². The molecule has 11 heteroatoms. The molecule has 3 rings (SSSR count). The fourth-order valence-electron chi connectivity index (χ4n) is 2.38. The number of halogens is 5. The summed E-state index contributed by atoms with van der Waals surface area (Å²) in [6.45, 7) is 0. The van der Waals surface area contributed by atoms with Crippen LogP contribution >= 0.6 is 23.2 Å². The van der Waals surface area contributed by atoms with Crippen LogP contribution in [-0.2, 0) is 6.18 Å². The lowest BCUT2D eigenvalue weighted by Gasteiger charge is -2.12. The molecule has 0 aliphatic carbocycles. The molecule has 0 saturated carbocycles. The summed E-state index contributed by atoms with van der Waals surface area (Å²) < 4.78 is 39.6. The number of benzene rings is 2. The highest BCUT2D eigenvalue weighted by molar-refractivity contribution is 6.37. The predicted octanol–water partition coefficient (Wildman–Crippen LogP) is 5.43. The molecule has 0 spiro atoms. The van der Waals surface area contributed by atoms with Gasteiger partial charge in [-0.05, 0) is 24.3 Å². The number of alkyl halides is 3. The van der Waals surface area contributed by atoms with Gasteiger partial charge < -0.3 is 0 Å². The first kappa shape index (κ1) is 21.5. The van der Waals surface area contributed by atoms with E-state index >= 15 is 0 Å². The first-order valence-corrected chi connectivity index (χ1v) is 8.98. The first-order chi connectivity index (χ1) is 14.1. The molecule has 0 fully saturated rings. The van der Waals surface area contributed by atoms with Crippen LogP contribution in [0.15, 0.2) is 54.6 Å². The van der Waals surface area contributed by atoms with Crippen LogP contribution < -0.4 is 10.6 Å². The van der Waals surface area contributed by atoms with Crippen molar-refractivity contribution in [2.24, 2.45) is 0 Å². The van der Waals surface area contributed by atoms with E-state index < -0.39 is 29.8 Å². The van der Waals surface area contributed by atoms with E-state index in [-0.39, 0.29) is 21.3 Å². The Labute approximate surface area is 178 Å². The smallest absolute Gasteiger partial charge is 0.276 e. The van der Waals surface area contributed by atoms with Crippen LogP contribution in [0.25, 0.3) is 11.3 Å². The molecule has 0 aliphatic heterocycles. The van der Waals surface area contributed by atoms with Crippen molar-refractivity contribution < 1.29 is 22.8 Å². The summed E-state index contributed by atoms with van der Waals surface area (Å²) in [7, 11) is 0. The first-order valence-electron chi connectivity index (χ1n) is 8.22. The third kappa shape index (κ3) is 5.25. The Morgan fingerprint density at radius 2 is 1.63 bits per heavy atom. The molecule has 1 heterocycles. The summed E-state index contributed by atoms with van der Waals surface area (Å²) in [6, 6.07) is 11.7. The zero-order chi connectivity index (χ0) is 21.9. The van der Waals surface area contributed by atoms with E-state index in [1.807, 2.05) is 10.6 Å². The van der Waals surface area contributed by atoms with Crippen LogP contribution in [-0.4, -0.2) is 21.9 Å². The molecule has 3 amide bonds. The van der Waals surface area contributed by atoms with Crippen molar-refractivity contribution in [1.82, 2.24) is 15.3 Å². The summed E-state index contributed by atoms with van der Waals surface area (Å²) in [4.78, 5) is 31.5. The largest absolute Gasteiger partial charge is 0.433 e. The maximum atomic E-state index is 13.2. The molecule has 3 aromatic rings. The molecule has 1 aromatic heterocycles. The number of carbonyl (C=O) groups excluding carboxylic acids is 2. The fourth-order valence-corrected chi connectivity index (χ4v) is 2.88. The standard InChI is InChI=1S/C19H11Cl2F3N4O2/c20-11-6-7-12(13(21)8-11)16(29)27-18(30)28-17-25-14(10-4-2-1-3-5-10)9-15(26-17)19(22,23)24/h1-9H,(H2,25,26,27,28,29,30). The Balaban J connectivity index is 1.84. The second kappa shape index (κ2) is 8.68. The highest BCUT2D eigenvalue weighted by Gasteiger charge is 2.34. The Morgan fingerprint density at radius 1 is 0.933 bits per heavy atom. The molecule has 0 radical (unpaired) electrons. The zero-order valence-corrected chi connectivity index (χ0v) is 16.3. The molecule has 30 heavy (non-hydrogen) atoms. The van der Waals surface area contributed by atoms with E-state index in [1.165, 1.54) is 18.2 Å². The zero-order valence-electron chi connectivity index (χ0n) is 14.8. The number of hydrogen-bond acceptors (Lipinski definition) is 4. The maximum absolute atomic E-state index is 13.2. The number of nitrogens with zero attached hydrogens (tertiary/aromatic N) is 2. The van der Waals surface area contributed by atoms with Crippen molar-refractivity contribution in [3.05, 3.63) is 75.9 Å². The monoisotopic (exact) mass is 454 g/mol. The number of imide groups is 1. The molecule has 0 atom stereocenters. The number of nitrogens with one attached hydrogen (secondary N) is 2. The molecular weight excluding hydrogens is 444 g/mol. The summed E-state index contributed by atoms with van der Waals surface area (Å²) >= 11 is 11.6. The lowest BCUT2D eigenvalue weighted by Crippen LogP contribution is -2.35. The minimum atomic E-state index is -4.77. The molecule has 0 unspecified atom stereocenters. The lowest BCUT2D eigenvalue weighted by molar-refractivity contribution is -0.141. The SMILES string of the molecule is O=C(NC(=O)c1ccc(Cl)cc1Cl)Nc1nc(-c2ccccc2)cc(C(F)(F)F)n1. The van der Waals surface area contributed by atoms with Crippen LogP contribution in [0.2, 0.25) is 10.0 Å². The number of anilines is 1. The van der Waals surface area contributed by atoms with Gasteiger partial charge in [-0.3, -0.25) is 15.4 Å². The summed E-state index contributed by atoms with van der Waals surface area (Å²) in [5.41, 5.74) is -0.969. The number of aromatic nitrogens is 2. The molecule has 6 nitrogen and oxygen atoms in total. The van der Waals surface area contributed by atoms with Crippen molar-refractivity contribution in [3.63, 3.8) is 0 Å². The van der Waals surface area contributed by atoms with Crippen molar-refractivity contribution in [2.45, 2.75) is 6.18 Å². The Morgan fingerprint density at radius 3 is 2.27 bits per heavy atom. The van der Waals surface area contributed by atoms with Gasteiger partial charge in [0.25, 0.3) is 5.91 Å². The number of carbonyl (C=O) groups is 2. The summed E-state index contributed by atoms with van der Waals surface area (Å²) in [5.74, 6) is -1.51. The molecule has 2 N–H and O–H groups in total. The van der Waals surface area contributed by atoms with Gasteiger partial charge in [-0.1, -0.05) is 53.5 Å². The average molecular weight is 455 g/mol. The predicted molar refractivity (Wildman–Crippen MR) is 105 cm³/mol. The van der Waals surface area contributed by atoms with Crippen LogP contribution in [0.3, 0.4) is 0 Å². The molecule has 154 valence electrons. The minimum absolute atomic E-state index is 0.00511. The third-order valence-corrected chi connectivity index (χ3v) is 4.26. The molecular formula is C19H11Cl2F3N4O2. The van der Waals surface area contributed by atoms with Gasteiger partial charge in [0.15, 0.2) is 5.69 Å². The quantitative estimate of drug-likeness (QED) is 0.552. The van der Waals surface area contributed by atoms with E-state index in [0.717, 1.165) is 6.07 Å². The van der Waals surface area contributed by atoms with Crippen LogP contribution in [0.5, 0.6) is 0 Å². The lowest BCUT2D eigenvalue weighted by atomic mass is 10.1. The van der Waals surface area contributed by atoms with Crippen molar-refractivity contribution in [1.29, 1.82) is 0 Å². The highest BCUT2D eigenvalue weighted by atomic mass is 35.5. The van der Waals surface area contributed by atoms with Gasteiger partial charge in [0.2, 0.25) is 5.95 Å². The highest BCUT2D eigenvalue weighted by Crippen LogP contribution is 2.31. The fraction of sp³-hybridized carbons (Fsp3) is 0.0526. The third-order valence-electron chi connectivity index (χ3n) is 3.71. The van der Waals surface area contributed by atoms with Crippen LogP contribution in [0.4, 0.5) is 23.9 Å². The van der Waals surface area contributed by atoms with Crippen LogP contribution in [0, 0.1) is 0 Å².